The van der Waals surface area contributed by atoms with Crippen molar-refractivity contribution in [3.05, 3.63) is 0 Å². The van der Waals surface area contributed by atoms with E-state index in [0.29, 0.717) is 0 Å². The molecular formula is H12AsBPSb. The first-order valence-electron chi connectivity index (χ1n) is 0. The van der Waals surface area contributed by atoms with Crippen molar-refractivity contribution in [2.75, 3.05) is 0 Å². The van der Waals surface area contributed by atoms with Crippen molar-refractivity contribution in [3.8, 4) is 0 Å². The van der Waals surface area contributed by atoms with E-state index in [1.54, 1.807) is 0 Å². The van der Waals surface area contributed by atoms with E-state index in [1.807, 2.05) is 0 Å². The van der Waals surface area contributed by atoms with Gasteiger partial charge in [-0.2, -0.15) is 9.90 Å². The molecule has 0 aromatic carbocycles. The molecule has 0 rings (SSSR count). The fraction of sp³-hybridized carbons (Fsp3) is 0. The van der Waals surface area contributed by atoms with Gasteiger partial charge in [-0.15, -0.1) is 0 Å². The summed E-state index contributed by atoms with van der Waals surface area (Å²) in [6.45, 7) is 0. The molecule has 2 unspecified atom stereocenters. The minimum atomic E-state index is 0. The average molecular weight is 251 g/mol. The summed E-state index contributed by atoms with van der Waals surface area (Å²) in [5.41, 5.74) is 0. The van der Waals surface area contributed by atoms with Gasteiger partial charge >= 0.3 is 42.4 Å². The summed E-state index contributed by atoms with van der Waals surface area (Å²) in [6, 6.07) is 0. The Bertz CT molecular complexity index is 8.00. The first kappa shape index (κ1) is 39.8. The van der Waals surface area contributed by atoms with Crippen LogP contribution in [-0.2, 0) is 0 Å². The number of rotatable bonds is 0. The van der Waals surface area contributed by atoms with Gasteiger partial charge in [0.2, 0.25) is 0 Å². The molecule has 0 heterocycles. The molecule has 2 atom stereocenters. The van der Waals surface area contributed by atoms with E-state index in [4.69, 9.17) is 0 Å². The van der Waals surface area contributed by atoms with Crippen LogP contribution in [0.4, 0.5) is 0 Å². The molecule has 0 nitrogen and oxygen atoms in total. The number of hydrogen-bond donors (Lipinski definition) is 0. The predicted molar refractivity (Wildman–Crippen MR) is 40.9 cm³/mol. The van der Waals surface area contributed by atoms with E-state index in [-0.39, 0.29) is 60.7 Å². The van der Waals surface area contributed by atoms with Crippen molar-refractivity contribution in [1.82, 2.24) is 0 Å². The standard InChI is InChI=1S/AsH3.BH3.H3P.Sb.3H/h3*1H3;;;;. The van der Waals surface area contributed by atoms with E-state index in [9.17, 15) is 0 Å². The second kappa shape index (κ2) is 20.8. The van der Waals surface area contributed by atoms with Crippen LogP contribution in [0.5, 0.6) is 0 Å². The van der Waals surface area contributed by atoms with E-state index in [1.165, 1.54) is 0 Å². The molecule has 0 aliphatic rings. The normalized spacial score (nSPS) is 0. The average Bonchev–Trinajstić information content (AvgIpc) is 0. The SMILES string of the molecule is B.P.[AsH3].[SbH3]. The van der Waals surface area contributed by atoms with Gasteiger partial charge in [-0.25, -0.2) is 0 Å². The Morgan fingerprint density at radius 1 is 1.00 bits per heavy atom. The Kier molecular flexibility index (Phi) is 207. The van der Waals surface area contributed by atoms with Crippen LogP contribution < -0.4 is 0 Å². The van der Waals surface area contributed by atoms with Crippen molar-refractivity contribution in [2.24, 2.45) is 0 Å². The third kappa shape index (κ3) is 9.11. The van der Waals surface area contributed by atoms with Crippen molar-refractivity contribution in [1.29, 1.82) is 0 Å². The van der Waals surface area contributed by atoms with Gasteiger partial charge in [0, 0.05) is 0 Å². The molecule has 0 N–H and O–H groups in total. The van der Waals surface area contributed by atoms with Gasteiger partial charge in [0.05, 0.1) is 8.41 Å². The summed E-state index contributed by atoms with van der Waals surface area (Å²) >= 11 is 0. The van der Waals surface area contributed by atoms with Crippen LogP contribution in [0.3, 0.4) is 0 Å². The second-order valence-electron chi connectivity index (χ2n) is 0. The van der Waals surface area contributed by atoms with Gasteiger partial charge in [-0.05, 0) is 0 Å². The van der Waals surface area contributed by atoms with Crippen LogP contribution >= 0.6 is 9.90 Å². The molecule has 0 aromatic rings. The van der Waals surface area contributed by atoms with Crippen LogP contribution in [0.2, 0.25) is 0 Å². The first-order chi connectivity index (χ1) is 0. The quantitative estimate of drug-likeness (QED) is 0.309. The summed E-state index contributed by atoms with van der Waals surface area (Å²) < 4.78 is 0. The molecule has 4 heteroatoms. The molecule has 0 amide bonds. The first-order valence-corrected chi connectivity index (χ1v) is 0. The predicted octanol–water partition coefficient (Wildman–Crippen LogP) is -3.49. The second-order valence-corrected chi connectivity index (χ2v) is 0. The molecule has 4 heavy (non-hydrogen) atoms. The van der Waals surface area contributed by atoms with Gasteiger partial charge < -0.3 is 0 Å². The topological polar surface area (TPSA) is 0 Å². The molecule has 0 spiro atoms. The molecule has 30 valence electrons. The molecule has 0 aliphatic carbocycles. The Morgan fingerprint density at radius 2 is 1.00 bits per heavy atom. The molecule has 0 aromatic heterocycles. The molecule has 0 saturated carbocycles. The summed E-state index contributed by atoms with van der Waals surface area (Å²) in [7, 11) is 0. The Balaban J connectivity index is 0. The summed E-state index contributed by atoms with van der Waals surface area (Å²) in [4.78, 5) is 0. The summed E-state index contributed by atoms with van der Waals surface area (Å²) in [6.07, 6.45) is 0. The van der Waals surface area contributed by atoms with Crippen molar-refractivity contribution < 1.29 is 0 Å². The van der Waals surface area contributed by atoms with Crippen molar-refractivity contribution >= 4 is 60.7 Å². The van der Waals surface area contributed by atoms with Crippen LogP contribution in [0, 0.1) is 0 Å². The maximum atomic E-state index is 0. The number of hydrogen-bond acceptors (Lipinski definition) is 0. The third-order valence-corrected chi connectivity index (χ3v) is 0. The van der Waals surface area contributed by atoms with Gasteiger partial charge in [0.25, 0.3) is 0 Å². The van der Waals surface area contributed by atoms with Crippen LogP contribution in [-0.4, -0.2) is 50.8 Å². The van der Waals surface area contributed by atoms with Crippen molar-refractivity contribution in [3.63, 3.8) is 0 Å². The molecule has 0 saturated heterocycles. The van der Waals surface area contributed by atoms with Gasteiger partial charge in [-0.1, -0.05) is 0 Å². The third-order valence-electron chi connectivity index (χ3n) is 0. The summed E-state index contributed by atoms with van der Waals surface area (Å²) in [5, 5.41) is 0. The Labute approximate surface area is 60.4 Å². The van der Waals surface area contributed by atoms with Crippen LogP contribution in [0.15, 0.2) is 0 Å². The molecule has 0 fully saturated rings. The molecule has 0 radical (unpaired) electrons. The molecular weight excluding hydrogens is 238 g/mol. The van der Waals surface area contributed by atoms with E-state index >= 15 is 0 Å². The Hall–Kier alpha value is 1.87. The zero-order chi connectivity index (χ0) is 0. The van der Waals surface area contributed by atoms with Gasteiger partial charge in [0.1, 0.15) is 0 Å². The monoisotopic (exact) mass is 250 g/mol. The van der Waals surface area contributed by atoms with Crippen LogP contribution in [0.25, 0.3) is 0 Å². The Morgan fingerprint density at radius 3 is 1.00 bits per heavy atom. The van der Waals surface area contributed by atoms with E-state index < -0.39 is 0 Å². The minimum absolute atomic E-state index is 0. The molecule has 0 bridgehead atoms. The van der Waals surface area contributed by atoms with Gasteiger partial charge in [-0.3, -0.25) is 0 Å². The fourth-order valence-corrected chi connectivity index (χ4v) is 0. The van der Waals surface area contributed by atoms with Crippen molar-refractivity contribution in [2.45, 2.75) is 0 Å². The van der Waals surface area contributed by atoms with Gasteiger partial charge in [0.15, 0.2) is 0 Å². The van der Waals surface area contributed by atoms with Crippen LogP contribution in [0.1, 0.15) is 0 Å². The zero-order valence-corrected chi connectivity index (χ0v) is 10.5. The maximum absolute atomic E-state index is 0. The van der Waals surface area contributed by atoms with E-state index in [0.717, 1.165) is 0 Å². The molecule has 0 aliphatic heterocycles. The summed E-state index contributed by atoms with van der Waals surface area (Å²) in [5.74, 6) is 0. The zero-order valence-electron chi connectivity index (χ0n) is 2.12. The fourth-order valence-electron chi connectivity index (χ4n) is 0. The van der Waals surface area contributed by atoms with E-state index in [2.05, 4.69) is 0 Å².